The number of hydrogen-bond acceptors (Lipinski definition) is 5. The van der Waals surface area contributed by atoms with E-state index in [0.29, 0.717) is 6.54 Å². The lowest BCUT2D eigenvalue weighted by molar-refractivity contribution is -0.385. The minimum Gasteiger partial charge on any atom is -0.342 e. The fraction of sp³-hybridized carbons (Fsp3) is 0.364. The van der Waals surface area contributed by atoms with Gasteiger partial charge in [-0.1, -0.05) is 0 Å². The molecule has 9 heteroatoms. The van der Waals surface area contributed by atoms with E-state index in [1.54, 1.807) is 6.92 Å². The van der Waals surface area contributed by atoms with Gasteiger partial charge in [-0.25, -0.2) is 13.6 Å². The summed E-state index contributed by atoms with van der Waals surface area (Å²) in [6, 6.07) is 1.92. The maximum Gasteiger partial charge on any atom is 0.274 e. The number of amides is 1. The van der Waals surface area contributed by atoms with Crippen molar-refractivity contribution >= 4 is 21.6 Å². The van der Waals surface area contributed by atoms with Gasteiger partial charge in [0.2, 0.25) is 10.0 Å². The summed E-state index contributed by atoms with van der Waals surface area (Å²) >= 11 is 0. The number of rotatable bonds is 4. The Morgan fingerprint density at radius 3 is 2.40 bits per heavy atom. The average molecular weight is 301 g/mol. The summed E-state index contributed by atoms with van der Waals surface area (Å²) < 4.78 is 22.7. The summed E-state index contributed by atoms with van der Waals surface area (Å²) in [7, 11) is -2.63. The zero-order valence-electron chi connectivity index (χ0n) is 11.3. The highest BCUT2D eigenvalue weighted by Crippen LogP contribution is 2.26. The highest BCUT2D eigenvalue weighted by Gasteiger charge is 2.25. The normalized spacial score (nSPS) is 11.2. The number of nitrogens with two attached hydrogens (primary N) is 1. The standard InChI is InChI=1S/C11H15N3O5S/c1-4-13(3)11(15)9-5-8(20(12,18)19)6-10(7(9)2)14(16)17/h5-6H,4H2,1-3H3,(H2,12,18,19). The quantitative estimate of drug-likeness (QED) is 0.645. The van der Waals surface area contributed by atoms with E-state index in [-0.39, 0.29) is 11.1 Å². The molecule has 0 aliphatic heterocycles. The molecule has 0 unspecified atom stereocenters. The van der Waals surface area contributed by atoms with Gasteiger partial charge < -0.3 is 4.90 Å². The van der Waals surface area contributed by atoms with Crippen LogP contribution in [0.5, 0.6) is 0 Å². The van der Waals surface area contributed by atoms with Crippen molar-refractivity contribution in [3.8, 4) is 0 Å². The van der Waals surface area contributed by atoms with Crippen LogP contribution in [-0.2, 0) is 10.0 Å². The van der Waals surface area contributed by atoms with Gasteiger partial charge in [-0.15, -0.1) is 0 Å². The molecule has 0 bridgehead atoms. The SMILES string of the molecule is CCN(C)C(=O)c1cc(S(N)(=O)=O)cc([N+](=O)[O-])c1C. The van der Waals surface area contributed by atoms with Gasteiger partial charge in [0.1, 0.15) is 0 Å². The van der Waals surface area contributed by atoms with Crippen molar-refractivity contribution < 1.29 is 18.1 Å². The predicted octanol–water partition coefficient (Wildman–Crippen LogP) is 0.643. The number of sulfonamides is 1. The molecule has 1 rings (SSSR count). The molecule has 2 N–H and O–H groups in total. The van der Waals surface area contributed by atoms with Gasteiger partial charge >= 0.3 is 0 Å². The molecule has 0 saturated carbocycles. The number of nitrogens with zero attached hydrogens (tertiary/aromatic N) is 2. The Morgan fingerprint density at radius 1 is 1.45 bits per heavy atom. The molecule has 0 atom stereocenters. The lowest BCUT2D eigenvalue weighted by Crippen LogP contribution is -2.27. The number of primary sulfonamides is 1. The van der Waals surface area contributed by atoms with Crippen molar-refractivity contribution in [3.63, 3.8) is 0 Å². The van der Waals surface area contributed by atoms with Crippen molar-refractivity contribution in [2.24, 2.45) is 5.14 Å². The van der Waals surface area contributed by atoms with E-state index in [1.165, 1.54) is 18.9 Å². The van der Waals surface area contributed by atoms with Gasteiger partial charge in [0.05, 0.1) is 15.4 Å². The first kappa shape index (κ1) is 16.1. The molecule has 0 fully saturated rings. The zero-order chi connectivity index (χ0) is 15.7. The topological polar surface area (TPSA) is 124 Å². The predicted molar refractivity (Wildman–Crippen MR) is 71.8 cm³/mol. The van der Waals surface area contributed by atoms with E-state index in [9.17, 15) is 23.3 Å². The van der Waals surface area contributed by atoms with Gasteiger partial charge in [0, 0.05) is 25.2 Å². The summed E-state index contributed by atoms with van der Waals surface area (Å²) in [5.41, 5.74) is -0.398. The third kappa shape index (κ3) is 3.11. The Bertz CT molecular complexity index is 669. The van der Waals surface area contributed by atoms with E-state index in [4.69, 9.17) is 5.14 Å². The van der Waals surface area contributed by atoms with Crippen LogP contribution in [0.4, 0.5) is 5.69 Å². The van der Waals surface area contributed by atoms with Crippen molar-refractivity contribution in [3.05, 3.63) is 33.4 Å². The van der Waals surface area contributed by atoms with E-state index < -0.39 is 31.4 Å². The highest BCUT2D eigenvalue weighted by molar-refractivity contribution is 7.89. The van der Waals surface area contributed by atoms with Crippen LogP contribution in [0.2, 0.25) is 0 Å². The van der Waals surface area contributed by atoms with Crippen molar-refractivity contribution in [1.29, 1.82) is 0 Å². The van der Waals surface area contributed by atoms with Gasteiger partial charge in [-0.05, 0) is 19.9 Å². The lowest BCUT2D eigenvalue weighted by atomic mass is 10.1. The first-order valence-corrected chi connectivity index (χ1v) is 7.21. The second kappa shape index (κ2) is 5.55. The molecular formula is C11H15N3O5S. The minimum atomic E-state index is -4.14. The van der Waals surface area contributed by atoms with E-state index in [0.717, 1.165) is 12.1 Å². The summed E-state index contributed by atoms with van der Waals surface area (Å²) in [6.45, 7) is 3.50. The van der Waals surface area contributed by atoms with Gasteiger partial charge in [0.25, 0.3) is 11.6 Å². The smallest absolute Gasteiger partial charge is 0.274 e. The first-order valence-electron chi connectivity index (χ1n) is 5.66. The summed E-state index contributed by atoms with van der Waals surface area (Å²) in [6.07, 6.45) is 0. The molecule has 0 aromatic heterocycles. The van der Waals surface area contributed by atoms with E-state index >= 15 is 0 Å². The lowest BCUT2D eigenvalue weighted by Gasteiger charge is -2.16. The van der Waals surface area contributed by atoms with Gasteiger partial charge in [-0.3, -0.25) is 14.9 Å². The molecule has 0 aliphatic carbocycles. The summed E-state index contributed by atoms with van der Waals surface area (Å²) in [5, 5.41) is 15.9. The maximum absolute atomic E-state index is 12.1. The number of hydrogen-bond donors (Lipinski definition) is 1. The molecule has 1 amide bonds. The fourth-order valence-electron chi connectivity index (χ4n) is 1.60. The van der Waals surface area contributed by atoms with Gasteiger partial charge in [0.15, 0.2) is 0 Å². The van der Waals surface area contributed by atoms with Crippen molar-refractivity contribution in [2.45, 2.75) is 18.7 Å². The zero-order valence-corrected chi connectivity index (χ0v) is 12.1. The van der Waals surface area contributed by atoms with Crippen LogP contribution in [0.3, 0.4) is 0 Å². The Labute approximate surface area is 116 Å². The molecular weight excluding hydrogens is 286 g/mol. The average Bonchev–Trinajstić information content (AvgIpc) is 2.35. The molecule has 0 saturated heterocycles. The molecule has 0 spiro atoms. The second-order valence-corrected chi connectivity index (χ2v) is 5.80. The number of carbonyl (C=O) groups is 1. The maximum atomic E-state index is 12.1. The van der Waals surface area contributed by atoms with Crippen LogP contribution in [0.15, 0.2) is 17.0 Å². The van der Waals surface area contributed by atoms with Crippen LogP contribution >= 0.6 is 0 Å². The van der Waals surface area contributed by atoms with E-state index in [1.807, 2.05) is 0 Å². The Balaban J connectivity index is 3.63. The fourth-order valence-corrected chi connectivity index (χ4v) is 2.16. The third-order valence-corrected chi connectivity index (χ3v) is 3.82. The molecule has 1 aromatic rings. The number of nitro benzene ring substituents is 1. The van der Waals surface area contributed by atoms with Crippen LogP contribution in [0.25, 0.3) is 0 Å². The second-order valence-electron chi connectivity index (χ2n) is 4.24. The molecule has 20 heavy (non-hydrogen) atoms. The van der Waals surface area contributed by atoms with E-state index in [2.05, 4.69) is 0 Å². The van der Waals surface area contributed by atoms with Crippen molar-refractivity contribution in [2.75, 3.05) is 13.6 Å². The molecule has 8 nitrogen and oxygen atoms in total. The van der Waals surface area contributed by atoms with Crippen LogP contribution in [0.1, 0.15) is 22.8 Å². The molecule has 0 radical (unpaired) electrons. The highest BCUT2D eigenvalue weighted by atomic mass is 32.2. The van der Waals surface area contributed by atoms with Gasteiger partial charge in [-0.2, -0.15) is 0 Å². The number of nitro groups is 1. The molecule has 0 aliphatic rings. The van der Waals surface area contributed by atoms with Crippen LogP contribution < -0.4 is 5.14 Å². The third-order valence-electron chi connectivity index (χ3n) is 2.93. The Kier molecular flexibility index (Phi) is 4.46. The summed E-state index contributed by atoms with van der Waals surface area (Å²) in [5.74, 6) is -0.501. The van der Waals surface area contributed by atoms with Crippen LogP contribution in [0, 0.1) is 17.0 Å². The molecule has 1 aromatic carbocycles. The molecule has 0 heterocycles. The van der Waals surface area contributed by atoms with Crippen molar-refractivity contribution in [1.82, 2.24) is 4.90 Å². The minimum absolute atomic E-state index is 0.0485. The number of carbonyl (C=O) groups excluding carboxylic acids is 1. The number of benzene rings is 1. The summed E-state index contributed by atoms with van der Waals surface area (Å²) in [4.78, 5) is 23.2. The first-order chi connectivity index (χ1) is 9.09. The largest absolute Gasteiger partial charge is 0.342 e. The molecule has 110 valence electrons. The Morgan fingerprint density at radius 2 is 2.00 bits per heavy atom. The van der Waals surface area contributed by atoms with Crippen LogP contribution in [-0.4, -0.2) is 37.7 Å². The Hall–Kier alpha value is -2.00. The monoisotopic (exact) mass is 301 g/mol.